The van der Waals surface area contributed by atoms with E-state index in [4.69, 9.17) is 12.2 Å². The maximum atomic E-state index is 5.38. The van der Waals surface area contributed by atoms with E-state index in [1.54, 1.807) is 0 Å². The molecular formula is C11H18N2S2. The summed E-state index contributed by atoms with van der Waals surface area (Å²) < 4.78 is 3.21. The number of rotatable bonds is 1. The van der Waals surface area contributed by atoms with E-state index >= 15 is 0 Å². The standard InChI is InChI=1S/C11H18N2S2/c1-11(2,3)9-6-12-10(14)13(9)8-4-5-15-7-8/h6,8H,4-5,7H2,1-3H3,(H,12,14). The maximum Gasteiger partial charge on any atom is 0.177 e. The molecule has 0 bridgehead atoms. The Balaban J connectivity index is 2.44. The number of hydrogen-bond donors (Lipinski definition) is 1. The molecule has 1 unspecified atom stereocenters. The van der Waals surface area contributed by atoms with Crippen LogP contribution in [0.1, 0.15) is 38.9 Å². The van der Waals surface area contributed by atoms with Crippen LogP contribution in [0.15, 0.2) is 6.20 Å². The summed E-state index contributed by atoms with van der Waals surface area (Å²) in [6, 6.07) is 0.600. The molecule has 4 heteroatoms. The predicted molar refractivity (Wildman–Crippen MR) is 69.3 cm³/mol. The quantitative estimate of drug-likeness (QED) is 0.761. The van der Waals surface area contributed by atoms with Crippen molar-refractivity contribution in [3.63, 3.8) is 0 Å². The van der Waals surface area contributed by atoms with Gasteiger partial charge in [0.2, 0.25) is 0 Å². The van der Waals surface area contributed by atoms with Crippen LogP contribution in [0.4, 0.5) is 0 Å². The van der Waals surface area contributed by atoms with Crippen LogP contribution in [-0.2, 0) is 5.41 Å². The van der Waals surface area contributed by atoms with Gasteiger partial charge in [-0.25, -0.2) is 0 Å². The molecule has 0 amide bonds. The number of nitrogens with zero attached hydrogens (tertiary/aromatic N) is 1. The molecule has 2 heterocycles. The Labute approximate surface area is 100 Å². The van der Waals surface area contributed by atoms with Crippen molar-refractivity contribution in [3.05, 3.63) is 16.7 Å². The number of H-pyrrole nitrogens is 1. The summed E-state index contributed by atoms with van der Waals surface area (Å²) in [6.45, 7) is 6.72. The van der Waals surface area contributed by atoms with E-state index in [0.29, 0.717) is 6.04 Å². The number of nitrogens with one attached hydrogen (secondary N) is 1. The molecule has 0 spiro atoms. The van der Waals surface area contributed by atoms with E-state index in [1.165, 1.54) is 23.6 Å². The molecule has 1 saturated heterocycles. The van der Waals surface area contributed by atoms with Crippen LogP contribution < -0.4 is 0 Å². The molecule has 1 aliphatic rings. The Morgan fingerprint density at radius 1 is 1.53 bits per heavy atom. The Hall–Kier alpha value is -0.220. The van der Waals surface area contributed by atoms with Gasteiger partial charge in [-0.3, -0.25) is 0 Å². The van der Waals surface area contributed by atoms with Crippen molar-refractivity contribution in [2.75, 3.05) is 11.5 Å². The van der Waals surface area contributed by atoms with Gasteiger partial charge >= 0.3 is 0 Å². The number of hydrogen-bond acceptors (Lipinski definition) is 2. The van der Waals surface area contributed by atoms with Crippen molar-refractivity contribution < 1.29 is 0 Å². The molecule has 15 heavy (non-hydrogen) atoms. The molecule has 1 aliphatic heterocycles. The first-order chi connectivity index (χ1) is 7.00. The zero-order chi connectivity index (χ0) is 11.1. The fraction of sp³-hybridized carbons (Fsp3) is 0.727. The zero-order valence-corrected chi connectivity index (χ0v) is 11.2. The minimum Gasteiger partial charge on any atom is -0.337 e. The minimum absolute atomic E-state index is 0.167. The maximum absolute atomic E-state index is 5.38. The third-order valence-corrected chi connectivity index (χ3v) is 4.31. The first-order valence-corrected chi connectivity index (χ1v) is 6.94. The minimum atomic E-state index is 0.167. The lowest BCUT2D eigenvalue weighted by molar-refractivity contribution is 0.466. The normalized spacial score (nSPS) is 22.2. The smallest absolute Gasteiger partial charge is 0.177 e. The van der Waals surface area contributed by atoms with Gasteiger partial charge in [0.25, 0.3) is 0 Å². The van der Waals surface area contributed by atoms with Gasteiger partial charge in [0.05, 0.1) is 0 Å². The van der Waals surface area contributed by atoms with E-state index in [2.05, 4.69) is 36.5 Å². The summed E-state index contributed by atoms with van der Waals surface area (Å²) in [4.78, 5) is 3.19. The first-order valence-electron chi connectivity index (χ1n) is 5.38. The van der Waals surface area contributed by atoms with E-state index in [9.17, 15) is 0 Å². The van der Waals surface area contributed by atoms with E-state index in [-0.39, 0.29) is 5.41 Å². The lowest BCUT2D eigenvalue weighted by Gasteiger charge is -2.23. The highest BCUT2D eigenvalue weighted by Crippen LogP contribution is 2.32. The van der Waals surface area contributed by atoms with Gasteiger partial charge in [-0.2, -0.15) is 11.8 Å². The van der Waals surface area contributed by atoms with Crippen LogP contribution in [0, 0.1) is 4.77 Å². The first kappa shape index (κ1) is 11.3. The lowest BCUT2D eigenvalue weighted by Crippen LogP contribution is -2.21. The summed E-state index contributed by atoms with van der Waals surface area (Å²) in [5.41, 5.74) is 1.50. The highest BCUT2D eigenvalue weighted by Gasteiger charge is 2.25. The molecule has 0 radical (unpaired) electrons. The molecule has 2 nitrogen and oxygen atoms in total. The Kier molecular flexibility index (Phi) is 2.99. The van der Waals surface area contributed by atoms with Crippen LogP contribution in [-0.4, -0.2) is 21.1 Å². The summed E-state index contributed by atoms with van der Waals surface area (Å²) in [5, 5.41) is 0. The second-order valence-corrected chi connectivity index (χ2v) is 6.65. The molecule has 0 aliphatic carbocycles. The van der Waals surface area contributed by atoms with Crippen LogP contribution in [0.5, 0.6) is 0 Å². The molecule has 1 atom stereocenters. The van der Waals surface area contributed by atoms with Crippen molar-refractivity contribution in [1.82, 2.24) is 9.55 Å². The molecule has 0 aromatic carbocycles. The van der Waals surface area contributed by atoms with Crippen molar-refractivity contribution in [2.24, 2.45) is 0 Å². The molecule has 0 saturated carbocycles. The third kappa shape index (κ3) is 2.16. The fourth-order valence-electron chi connectivity index (χ4n) is 2.04. The van der Waals surface area contributed by atoms with Crippen molar-refractivity contribution in [1.29, 1.82) is 0 Å². The average molecular weight is 242 g/mol. The second kappa shape index (κ2) is 3.98. The lowest BCUT2D eigenvalue weighted by atomic mass is 9.92. The van der Waals surface area contributed by atoms with Crippen molar-refractivity contribution >= 4 is 24.0 Å². The van der Waals surface area contributed by atoms with E-state index in [1.807, 2.05) is 11.8 Å². The van der Waals surface area contributed by atoms with Crippen molar-refractivity contribution in [3.8, 4) is 0 Å². The predicted octanol–water partition coefficient (Wildman–Crippen LogP) is 3.52. The Bertz CT molecular complexity index is 391. The average Bonchev–Trinajstić information content (AvgIpc) is 2.69. The van der Waals surface area contributed by atoms with Crippen LogP contribution in [0.3, 0.4) is 0 Å². The number of aromatic amines is 1. The van der Waals surface area contributed by atoms with Gasteiger partial charge in [0.15, 0.2) is 4.77 Å². The molecule has 1 aromatic heterocycles. The largest absolute Gasteiger partial charge is 0.337 e. The molecule has 2 rings (SSSR count). The molecular weight excluding hydrogens is 224 g/mol. The highest BCUT2D eigenvalue weighted by atomic mass is 32.2. The Morgan fingerprint density at radius 2 is 2.27 bits per heavy atom. The highest BCUT2D eigenvalue weighted by molar-refractivity contribution is 7.99. The molecule has 1 N–H and O–H groups in total. The second-order valence-electron chi connectivity index (χ2n) is 5.12. The van der Waals surface area contributed by atoms with Gasteiger partial charge in [0.1, 0.15) is 0 Å². The fourth-order valence-corrected chi connectivity index (χ4v) is 3.54. The van der Waals surface area contributed by atoms with Gasteiger partial charge < -0.3 is 9.55 Å². The topological polar surface area (TPSA) is 20.7 Å². The third-order valence-electron chi connectivity index (χ3n) is 2.85. The Morgan fingerprint density at radius 3 is 2.80 bits per heavy atom. The van der Waals surface area contributed by atoms with Gasteiger partial charge in [-0.05, 0) is 24.4 Å². The molecule has 1 aromatic rings. The SMILES string of the molecule is CC(C)(C)c1c[nH]c(=S)n1C1CCSC1. The zero-order valence-electron chi connectivity index (χ0n) is 9.54. The summed E-state index contributed by atoms with van der Waals surface area (Å²) >= 11 is 7.40. The van der Waals surface area contributed by atoms with E-state index in [0.717, 1.165) is 4.77 Å². The van der Waals surface area contributed by atoms with Crippen LogP contribution in [0.25, 0.3) is 0 Å². The van der Waals surface area contributed by atoms with Gasteiger partial charge in [-0.15, -0.1) is 0 Å². The van der Waals surface area contributed by atoms with Crippen LogP contribution >= 0.6 is 24.0 Å². The van der Waals surface area contributed by atoms with Crippen LogP contribution in [0.2, 0.25) is 0 Å². The summed E-state index contributed by atoms with van der Waals surface area (Å²) in [5.74, 6) is 2.47. The number of thioether (sulfide) groups is 1. The number of imidazole rings is 1. The monoisotopic (exact) mass is 242 g/mol. The van der Waals surface area contributed by atoms with Crippen molar-refractivity contribution in [2.45, 2.75) is 38.6 Å². The molecule has 84 valence electrons. The summed E-state index contributed by atoms with van der Waals surface area (Å²) in [7, 11) is 0. The van der Waals surface area contributed by atoms with Gasteiger partial charge in [-0.1, -0.05) is 20.8 Å². The van der Waals surface area contributed by atoms with E-state index < -0.39 is 0 Å². The molecule has 1 fully saturated rings. The summed E-state index contributed by atoms with van der Waals surface area (Å²) in [6.07, 6.45) is 3.32. The number of aromatic nitrogens is 2. The van der Waals surface area contributed by atoms with Gasteiger partial charge in [0, 0.05) is 29.1 Å².